The van der Waals surface area contributed by atoms with Crippen LogP contribution in [0, 0.1) is 18.8 Å². The number of aromatic amines is 1. The first-order chi connectivity index (χ1) is 11.8. The van der Waals surface area contributed by atoms with Gasteiger partial charge in [-0.15, -0.1) is 0 Å². The molecule has 0 spiro atoms. The Labute approximate surface area is 147 Å². The summed E-state index contributed by atoms with van der Waals surface area (Å²) in [7, 11) is 1.27. The second-order valence-electron chi connectivity index (χ2n) is 6.58. The molecule has 7 heteroatoms. The molecule has 1 aromatic rings. The fraction of sp³-hybridized carbons (Fsp3) is 0.611. The number of Topliss-reactive ketones (excluding diaryl/α,β-unsaturated/α-hetero) is 1. The Morgan fingerprint density at radius 1 is 1.28 bits per heavy atom. The Balaban J connectivity index is 2.18. The summed E-state index contributed by atoms with van der Waals surface area (Å²) in [6.07, 6.45) is 0.554. The van der Waals surface area contributed by atoms with E-state index in [2.05, 4.69) is 4.98 Å². The summed E-state index contributed by atoms with van der Waals surface area (Å²) in [5, 5.41) is 0. The Bertz CT molecular complexity index is 675. The highest BCUT2D eigenvalue weighted by molar-refractivity contribution is 6.12. The topological polar surface area (TPSA) is 94.7 Å². The number of carbonyl (C=O) groups excluding carboxylic acids is 3. The second kappa shape index (κ2) is 7.82. The number of ether oxygens (including phenoxy) is 3. The molecule has 138 valence electrons. The van der Waals surface area contributed by atoms with Crippen LogP contribution in [0.4, 0.5) is 0 Å². The SMILES string of the molecule is COC(=O)[C@H]1C(=O)c2c([nH]c(C(=O)OCCOC(C)C)c2C)C[C@H]1C. The summed E-state index contributed by atoms with van der Waals surface area (Å²) in [6.45, 7) is 7.74. The standard InChI is InChI=1S/C18H25NO6/c1-9(2)24-6-7-25-18(22)15-11(4)14-12(19-15)8-10(3)13(16(14)20)17(21)23-5/h9-10,13,19H,6-8H2,1-5H3/t10-,13-/m1/s1. The van der Waals surface area contributed by atoms with Crippen molar-refractivity contribution in [3.63, 3.8) is 0 Å². The first kappa shape index (κ1) is 19.2. The maximum atomic E-state index is 12.7. The van der Waals surface area contributed by atoms with E-state index < -0.39 is 17.9 Å². The number of H-pyrrole nitrogens is 1. The highest BCUT2D eigenvalue weighted by Gasteiger charge is 2.41. The molecule has 1 aliphatic carbocycles. The lowest BCUT2D eigenvalue weighted by Crippen LogP contribution is -2.36. The van der Waals surface area contributed by atoms with Crippen molar-refractivity contribution in [2.75, 3.05) is 20.3 Å². The Morgan fingerprint density at radius 3 is 2.56 bits per heavy atom. The first-order valence-corrected chi connectivity index (χ1v) is 8.40. The molecule has 0 amide bonds. The normalized spacial score (nSPS) is 19.7. The van der Waals surface area contributed by atoms with E-state index in [1.54, 1.807) is 6.92 Å². The van der Waals surface area contributed by atoms with E-state index >= 15 is 0 Å². The Hall–Kier alpha value is -2.15. The molecule has 0 aliphatic heterocycles. The van der Waals surface area contributed by atoms with Crippen LogP contribution in [0.25, 0.3) is 0 Å². The number of carbonyl (C=O) groups is 3. The first-order valence-electron chi connectivity index (χ1n) is 8.40. The van der Waals surface area contributed by atoms with Gasteiger partial charge in [0.15, 0.2) is 5.78 Å². The van der Waals surface area contributed by atoms with E-state index in [-0.39, 0.29) is 30.1 Å². The van der Waals surface area contributed by atoms with Gasteiger partial charge in [0.25, 0.3) is 0 Å². The molecule has 0 radical (unpaired) electrons. The van der Waals surface area contributed by atoms with E-state index in [0.29, 0.717) is 29.8 Å². The lowest BCUT2D eigenvalue weighted by molar-refractivity contribution is -0.145. The minimum Gasteiger partial charge on any atom is -0.468 e. The van der Waals surface area contributed by atoms with Gasteiger partial charge in [-0.25, -0.2) is 4.79 Å². The molecule has 2 atom stereocenters. The monoisotopic (exact) mass is 351 g/mol. The molecule has 0 saturated carbocycles. The third-order valence-corrected chi connectivity index (χ3v) is 4.38. The van der Waals surface area contributed by atoms with Crippen LogP contribution in [0.2, 0.25) is 0 Å². The summed E-state index contributed by atoms with van der Waals surface area (Å²) < 4.78 is 15.3. The number of hydrogen-bond donors (Lipinski definition) is 1. The van der Waals surface area contributed by atoms with E-state index in [1.807, 2.05) is 20.8 Å². The maximum absolute atomic E-state index is 12.7. The molecule has 1 heterocycles. The van der Waals surface area contributed by atoms with Crippen LogP contribution in [0.5, 0.6) is 0 Å². The van der Waals surface area contributed by atoms with Crippen molar-refractivity contribution >= 4 is 17.7 Å². The summed E-state index contributed by atoms with van der Waals surface area (Å²) in [4.78, 5) is 39.9. The number of hydrogen-bond acceptors (Lipinski definition) is 6. The number of rotatable bonds is 6. The molecular weight excluding hydrogens is 326 g/mol. The highest BCUT2D eigenvalue weighted by Crippen LogP contribution is 2.34. The van der Waals surface area contributed by atoms with Gasteiger partial charge in [-0.3, -0.25) is 9.59 Å². The third kappa shape index (κ3) is 3.92. The van der Waals surface area contributed by atoms with Gasteiger partial charge in [-0.05, 0) is 38.7 Å². The van der Waals surface area contributed by atoms with Crippen LogP contribution >= 0.6 is 0 Å². The van der Waals surface area contributed by atoms with Gasteiger partial charge in [0.05, 0.1) is 19.8 Å². The van der Waals surface area contributed by atoms with Gasteiger partial charge in [0.1, 0.15) is 18.2 Å². The molecule has 25 heavy (non-hydrogen) atoms. The maximum Gasteiger partial charge on any atom is 0.355 e. The van der Waals surface area contributed by atoms with Gasteiger partial charge < -0.3 is 19.2 Å². The smallest absolute Gasteiger partial charge is 0.355 e. The van der Waals surface area contributed by atoms with E-state index in [1.165, 1.54) is 7.11 Å². The number of fused-ring (bicyclic) bond motifs is 1. The summed E-state index contributed by atoms with van der Waals surface area (Å²) in [5.41, 5.74) is 1.83. The minimum atomic E-state index is -0.838. The zero-order chi connectivity index (χ0) is 18.7. The van der Waals surface area contributed by atoms with E-state index in [4.69, 9.17) is 14.2 Å². The molecule has 0 aromatic carbocycles. The van der Waals surface area contributed by atoms with Crippen molar-refractivity contribution in [2.24, 2.45) is 11.8 Å². The van der Waals surface area contributed by atoms with Crippen LogP contribution < -0.4 is 0 Å². The van der Waals surface area contributed by atoms with Crippen LogP contribution in [0.15, 0.2) is 0 Å². The summed E-state index contributed by atoms with van der Waals surface area (Å²) in [5.74, 6) is -2.42. The minimum absolute atomic E-state index is 0.0626. The van der Waals surface area contributed by atoms with E-state index in [0.717, 1.165) is 0 Å². The fourth-order valence-corrected chi connectivity index (χ4v) is 3.16. The Morgan fingerprint density at radius 2 is 1.96 bits per heavy atom. The van der Waals surface area contributed by atoms with Crippen molar-refractivity contribution in [3.05, 3.63) is 22.5 Å². The quantitative estimate of drug-likeness (QED) is 0.479. The lowest BCUT2D eigenvalue weighted by Gasteiger charge is -2.25. The average Bonchev–Trinajstić information content (AvgIpc) is 2.87. The summed E-state index contributed by atoms with van der Waals surface area (Å²) >= 11 is 0. The van der Waals surface area contributed by atoms with Crippen molar-refractivity contribution in [3.8, 4) is 0 Å². The van der Waals surface area contributed by atoms with Gasteiger partial charge >= 0.3 is 11.9 Å². The van der Waals surface area contributed by atoms with Crippen LogP contribution in [-0.4, -0.2) is 49.1 Å². The van der Waals surface area contributed by atoms with Crippen LogP contribution in [0.1, 0.15) is 52.9 Å². The van der Waals surface area contributed by atoms with Gasteiger partial charge in [-0.1, -0.05) is 6.92 Å². The molecule has 1 aromatic heterocycles. The number of aromatic nitrogens is 1. The van der Waals surface area contributed by atoms with Gasteiger partial charge in [-0.2, -0.15) is 0 Å². The van der Waals surface area contributed by atoms with Crippen molar-refractivity contribution in [1.82, 2.24) is 4.98 Å². The number of methoxy groups -OCH3 is 1. The number of esters is 2. The van der Waals surface area contributed by atoms with Crippen molar-refractivity contribution < 1.29 is 28.6 Å². The van der Waals surface area contributed by atoms with Crippen LogP contribution in [0.3, 0.4) is 0 Å². The largest absolute Gasteiger partial charge is 0.468 e. The van der Waals surface area contributed by atoms with Gasteiger partial charge in [0.2, 0.25) is 0 Å². The fourth-order valence-electron chi connectivity index (χ4n) is 3.16. The predicted octanol–water partition coefficient (Wildman–Crippen LogP) is 2.07. The zero-order valence-electron chi connectivity index (χ0n) is 15.3. The molecule has 0 bridgehead atoms. The Kier molecular flexibility index (Phi) is 6.00. The molecular formula is C18H25NO6. The van der Waals surface area contributed by atoms with E-state index in [9.17, 15) is 14.4 Å². The second-order valence-corrected chi connectivity index (χ2v) is 6.58. The molecule has 2 rings (SSSR count). The van der Waals surface area contributed by atoms with Gasteiger partial charge in [0, 0.05) is 11.3 Å². The molecule has 1 N–H and O–H groups in total. The zero-order valence-corrected chi connectivity index (χ0v) is 15.3. The van der Waals surface area contributed by atoms with Crippen LogP contribution in [-0.2, 0) is 25.4 Å². The molecule has 0 fully saturated rings. The number of ketones is 1. The highest BCUT2D eigenvalue weighted by atomic mass is 16.6. The number of nitrogens with one attached hydrogen (secondary N) is 1. The predicted molar refractivity (Wildman–Crippen MR) is 89.6 cm³/mol. The van der Waals surface area contributed by atoms with Crippen molar-refractivity contribution in [1.29, 1.82) is 0 Å². The molecule has 0 unspecified atom stereocenters. The van der Waals surface area contributed by atoms with Crippen molar-refractivity contribution in [2.45, 2.75) is 40.2 Å². The molecule has 0 saturated heterocycles. The average molecular weight is 351 g/mol. The lowest BCUT2D eigenvalue weighted by atomic mass is 9.77. The molecule has 7 nitrogen and oxygen atoms in total. The molecule has 1 aliphatic rings. The third-order valence-electron chi connectivity index (χ3n) is 4.38. The summed E-state index contributed by atoms with van der Waals surface area (Å²) in [6, 6.07) is 0.